The maximum atomic E-state index is 12.1. The van der Waals surface area contributed by atoms with Crippen LogP contribution in [-0.2, 0) is 6.54 Å². The van der Waals surface area contributed by atoms with Gasteiger partial charge in [0.05, 0.1) is 6.26 Å². The molecule has 1 aliphatic carbocycles. The first-order chi connectivity index (χ1) is 12.7. The van der Waals surface area contributed by atoms with Crippen molar-refractivity contribution in [1.29, 1.82) is 0 Å². The molecular weight excluding hydrogens is 455 g/mol. The van der Waals surface area contributed by atoms with Crippen LogP contribution < -0.4 is 16.0 Å². The third-order valence-electron chi connectivity index (χ3n) is 4.56. The molecule has 1 saturated carbocycles. The maximum absolute atomic E-state index is 12.1. The highest BCUT2D eigenvalue weighted by molar-refractivity contribution is 14.0. The van der Waals surface area contributed by atoms with Crippen molar-refractivity contribution >= 4 is 41.5 Å². The van der Waals surface area contributed by atoms with Gasteiger partial charge in [0.15, 0.2) is 11.7 Å². The molecule has 1 fully saturated rings. The van der Waals surface area contributed by atoms with Gasteiger partial charge in [-0.3, -0.25) is 9.79 Å². The molecule has 1 heterocycles. The fourth-order valence-electron chi connectivity index (χ4n) is 3.18. The molecule has 2 aromatic rings. The molecule has 0 spiro atoms. The highest BCUT2D eigenvalue weighted by Crippen LogP contribution is 2.17. The zero-order chi connectivity index (χ0) is 18.2. The van der Waals surface area contributed by atoms with Gasteiger partial charge in [-0.05, 0) is 42.7 Å². The molecule has 1 aromatic carbocycles. The second-order valence-electron chi connectivity index (χ2n) is 6.54. The number of hydrogen-bond donors (Lipinski definition) is 3. The molecule has 0 radical (unpaired) electrons. The molecule has 0 atom stereocenters. The molecule has 0 unspecified atom stereocenters. The van der Waals surface area contributed by atoms with Crippen molar-refractivity contribution in [3.63, 3.8) is 0 Å². The zero-order valence-electron chi connectivity index (χ0n) is 15.5. The van der Waals surface area contributed by atoms with Crippen LogP contribution in [0.3, 0.4) is 0 Å². The van der Waals surface area contributed by atoms with Crippen LogP contribution in [-0.4, -0.2) is 25.0 Å². The number of hydrogen-bond acceptors (Lipinski definition) is 3. The minimum atomic E-state index is -0.255. The van der Waals surface area contributed by atoms with Gasteiger partial charge in [0.25, 0.3) is 5.91 Å². The van der Waals surface area contributed by atoms with Crippen molar-refractivity contribution in [2.75, 3.05) is 12.4 Å². The van der Waals surface area contributed by atoms with Gasteiger partial charge in [-0.1, -0.05) is 31.4 Å². The summed E-state index contributed by atoms with van der Waals surface area (Å²) in [6.45, 7) is 0.636. The third-order valence-corrected chi connectivity index (χ3v) is 4.56. The number of nitrogens with zero attached hydrogens (tertiary/aromatic N) is 1. The molecule has 6 nitrogen and oxygen atoms in total. The summed E-state index contributed by atoms with van der Waals surface area (Å²) < 4.78 is 5.12. The van der Waals surface area contributed by atoms with E-state index in [-0.39, 0.29) is 29.9 Å². The van der Waals surface area contributed by atoms with E-state index in [2.05, 4.69) is 20.9 Å². The topological polar surface area (TPSA) is 78.7 Å². The first-order valence-corrected chi connectivity index (χ1v) is 9.15. The lowest BCUT2D eigenvalue weighted by Crippen LogP contribution is -2.43. The summed E-state index contributed by atoms with van der Waals surface area (Å²) in [6.07, 6.45) is 7.79. The lowest BCUT2D eigenvalue weighted by Gasteiger charge is -2.25. The van der Waals surface area contributed by atoms with Crippen molar-refractivity contribution in [1.82, 2.24) is 10.6 Å². The summed E-state index contributed by atoms with van der Waals surface area (Å²) in [6, 6.07) is 11.6. The second kappa shape index (κ2) is 11.0. The quantitative estimate of drug-likeness (QED) is 0.340. The van der Waals surface area contributed by atoms with E-state index in [4.69, 9.17) is 4.42 Å². The SMILES string of the molecule is CN=C(NCc1cccc(NC(=O)c2ccco2)c1)NC1CCCCC1.I. The monoisotopic (exact) mass is 482 g/mol. The maximum Gasteiger partial charge on any atom is 0.291 e. The molecule has 0 aliphatic heterocycles. The van der Waals surface area contributed by atoms with Crippen LogP contribution in [0, 0.1) is 0 Å². The van der Waals surface area contributed by atoms with E-state index >= 15 is 0 Å². The molecule has 7 heteroatoms. The molecule has 0 bridgehead atoms. The Morgan fingerprint density at radius 1 is 1.19 bits per heavy atom. The fourth-order valence-corrected chi connectivity index (χ4v) is 3.18. The molecular formula is C20H27IN4O2. The number of amides is 1. The summed E-state index contributed by atoms with van der Waals surface area (Å²) in [5.74, 6) is 0.863. The molecule has 1 aromatic heterocycles. The number of rotatable bonds is 5. The summed E-state index contributed by atoms with van der Waals surface area (Å²) in [5.41, 5.74) is 1.80. The number of guanidine groups is 1. The van der Waals surface area contributed by atoms with Crippen molar-refractivity contribution < 1.29 is 9.21 Å². The third kappa shape index (κ3) is 6.57. The Bertz CT molecular complexity index is 740. The summed E-state index contributed by atoms with van der Waals surface area (Å²) >= 11 is 0. The number of halogens is 1. The van der Waals surface area contributed by atoms with Gasteiger partial charge >= 0.3 is 0 Å². The first-order valence-electron chi connectivity index (χ1n) is 9.15. The van der Waals surface area contributed by atoms with Gasteiger partial charge in [0, 0.05) is 25.3 Å². The van der Waals surface area contributed by atoms with Crippen molar-refractivity contribution in [3.8, 4) is 0 Å². The van der Waals surface area contributed by atoms with Crippen LogP contribution in [0.15, 0.2) is 52.1 Å². The van der Waals surface area contributed by atoms with Crippen LogP contribution >= 0.6 is 24.0 Å². The number of aliphatic imine (C=N–C) groups is 1. The fraction of sp³-hybridized carbons (Fsp3) is 0.400. The number of benzene rings is 1. The second-order valence-corrected chi connectivity index (χ2v) is 6.54. The normalized spacial score (nSPS) is 14.9. The average molecular weight is 482 g/mol. The molecule has 3 N–H and O–H groups in total. The van der Waals surface area contributed by atoms with Crippen molar-refractivity contribution in [3.05, 3.63) is 54.0 Å². The van der Waals surface area contributed by atoms with Crippen LogP contribution in [0.1, 0.15) is 48.2 Å². The Hall–Kier alpha value is -2.03. The lowest BCUT2D eigenvalue weighted by molar-refractivity contribution is 0.0996. The smallest absolute Gasteiger partial charge is 0.291 e. The first kappa shape index (κ1) is 21.3. The van der Waals surface area contributed by atoms with Gasteiger partial charge < -0.3 is 20.4 Å². The van der Waals surface area contributed by atoms with Gasteiger partial charge in [0.1, 0.15) is 0 Å². The number of carbonyl (C=O) groups excluding carboxylic acids is 1. The van der Waals surface area contributed by atoms with E-state index in [1.165, 1.54) is 38.4 Å². The predicted molar refractivity (Wildman–Crippen MR) is 119 cm³/mol. The Morgan fingerprint density at radius 3 is 2.70 bits per heavy atom. The Morgan fingerprint density at radius 2 is 2.00 bits per heavy atom. The summed E-state index contributed by atoms with van der Waals surface area (Å²) in [4.78, 5) is 16.4. The number of anilines is 1. The zero-order valence-corrected chi connectivity index (χ0v) is 17.9. The largest absolute Gasteiger partial charge is 0.459 e. The predicted octanol–water partition coefficient (Wildman–Crippen LogP) is 4.15. The van der Waals surface area contributed by atoms with Crippen LogP contribution in [0.5, 0.6) is 0 Å². The van der Waals surface area contributed by atoms with E-state index in [1.807, 2.05) is 24.3 Å². The van der Waals surface area contributed by atoms with Crippen molar-refractivity contribution in [2.24, 2.45) is 4.99 Å². The van der Waals surface area contributed by atoms with Gasteiger partial charge in [-0.2, -0.15) is 0 Å². The number of nitrogens with one attached hydrogen (secondary N) is 3. The van der Waals surface area contributed by atoms with E-state index in [1.54, 1.807) is 19.2 Å². The molecule has 0 saturated heterocycles. The lowest BCUT2D eigenvalue weighted by atomic mass is 9.96. The summed E-state index contributed by atoms with van der Waals surface area (Å²) in [5, 5.41) is 9.69. The molecule has 146 valence electrons. The molecule has 27 heavy (non-hydrogen) atoms. The molecule has 1 amide bonds. The highest BCUT2D eigenvalue weighted by Gasteiger charge is 2.14. The van der Waals surface area contributed by atoms with E-state index in [9.17, 15) is 4.79 Å². The van der Waals surface area contributed by atoms with Crippen LogP contribution in [0.2, 0.25) is 0 Å². The van der Waals surface area contributed by atoms with Crippen LogP contribution in [0.4, 0.5) is 5.69 Å². The molecule has 3 rings (SSSR count). The number of carbonyl (C=O) groups is 1. The Labute approximate surface area is 177 Å². The standard InChI is InChI=1S/C20H26N4O2.HI/c1-21-20(24-16-8-3-2-4-9-16)22-14-15-7-5-10-17(13-15)23-19(25)18-11-6-12-26-18;/h5-7,10-13,16H,2-4,8-9,14H2,1H3,(H,23,25)(H2,21,22,24);1H. The minimum absolute atomic E-state index is 0. The summed E-state index contributed by atoms with van der Waals surface area (Å²) in [7, 11) is 1.79. The molecule has 1 aliphatic rings. The average Bonchev–Trinajstić information content (AvgIpc) is 3.21. The minimum Gasteiger partial charge on any atom is -0.459 e. The van der Waals surface area contributed by atoms with E-state index < -0.39 is 0 Å². The Kier molecular flexibility index (Phi) is 8.63. The number of furan rings is 1. The van der Waals surface area contributed by atoms with E-state index in [0.29, 0.717) is 18.3 Å². The Balaban J connectivity index is 0.00000261. The van der Waals surface area contributed by atoms with Gasteiger partial charge in [-0.25, -0.2) is 0 Å². The highest BCUT2D eigenvalue weighted by atomic mass is 127. The van der Waals surface area contributed by atoms with Crippen molar-refractivity contribution in [2.45, 2.75) is 44.7 Å². The van der Waals surface area contributed by atoms with Gasteiger partial charge in [-0.15, -0.1) is 24.0 Å². The van der Waals surface area contributed by atoms with Crippen LogP contribution in [0.25, 0.3) is 0 Å². The van der Waals surface area contributed by atoms with E-state index in [0.717, 1.165) is 17.2 Å². The van der Waals surface area contributed by atoms with Gasteiger partial charge in [0.2, 0.25) is 0 Å².